The smallest absolute Gasteiger partial charge is 0.372 e. The summed E-state index contributed by atoms with van der Waals surface area (Å²) < 4.78 is 10.2. The van der Waals surface area contributed by atoms with E-state index in [1.54, 1.807) is 18.2 Å². The van der Waals surface area contributed by atoms with Crippen molar-refractivity contribution in [2.75, 3.05) is 7.11 Å². The summed E-state index contributed by atoms with van der Waals surface area (Å²) in [5.41, 5.74) is 1.00. The van der Waals surface area contributed by atoms with Gasteiger partial charge in [-0.2, -0.15) is 0 Å². The Morgan fingerprint density at radius 2 is 2.31 bits per heavy atom. The van der Waals surface area contributed by atoms with Crippen LogP contribution in [0.2, 0.25) is 5.02 Å². The fraction of sp³-hybridized carbons (Fsp3) is 0.182. The second-order valence-corrected chi connectivity index (χ2v) is 3.72. The Morgan fingerprint density at radius 3 is 2.94 bits per heavy atom. The third-order valence-electron chi connectivity index (χ3n) is 2.24. The highest BCUT2D eigenvalue weighted by molar-refractivity contribution is 6.31. The first-order chi connectivity index (χ1) is 7.63. The molecule has 16 heavy (non-hydrogen) atoms. The van der Waals surface area contributed by atoms with Crippen LogP contribution in [0.5, 0.6) is 0 Å². The summed E-state index contributed by atoms with van der Waals surface area (Å²) in [5.74, 6) is -1.21. The minimum absolute atomic E-state index is 0.0980. The predicted molar refractivity (Wildman–Crippen MR) is 58.9 cm³/mol. The second-order valence-electron chi connectivity index (χ2n) is 3.29. The number of ether oxygens (including phenoxy) is 1. The lowest BCUT2D eigenvalue weighted by Crippen LogP contribution is -1.99. The summed E-state index contributed by atoms with van der Waals surface area (Å²) in [6.45, 7) is 0.176. The van der Waals surface area contributed by atoms with Gasteiger partial charge < -0.3 is 14.3 Å². The van der Waals surface area contributed by atoms with Crippen molar-refractivity contribution >= 4 is 28.5 Å². The van der Waals surface area contributed by atoms with Crippen molar-refractivity contribution in [3.05, 3.63) is 34.5 Å². The number of methoxy groups -OCH3 is 1. The van der Waals surface area contributed by atoms with E-state index >= 15 is 0 Å². The Morgan fingerprint density at radius 1 is 1.56 bits per heavy atom. The van der Waals surface area contributed by atoms with Gasteiger partial charge in [-0.25, -0.2) is 4.79 Å². The van der Waals surface area contributed by atoms with E-state index in [0.717, 1.165) is 0 Å². The molecule has 0 aliphatic carbocycles. The molecule has 0 amide bonds. The van der Waals surface area contributed by atoms with Gasteiger partial charge in [-0.1, -0.05) is 11.6 Å². The van der Waals surface area contributed by atoms with Crippen LogP contribution >= 0.6 is 11.6 Å². The number of carboxylic acids is 1. The van der Waals surface area contributed by atoms with Gasteiger partial charge in [0.1, 0.15) is 5.58 Å². The normalized spacial score (nSPS) is 10.9. The molecule has 1 aromatic heterocycles. The third kappa shape index (κ3) is 1.77. The van der Waals surface area contributed by atoms with Crippen molar-refractivity contribution in [1.29, 1.82) is 0 Å². The molecular weight excluding hydrogens is 232 g/mol. The number of hydrogen-bond acceptors (Lipinski definition) is 3. The Hall–Kier alpha value is -1.52. The van der Waals surface area contributed by atoms with Gasteiger partial charge in [0.25, 0.3) is 0 Å². The van der Waals surface area contributed by atoms with Gasteiger partial charge in [-0.3, -0.25) is 0 Å². The largest absolute Gasteiger partial charge is 0.475 e. The van der Waals surface area contributed by atoms with E-state index in [2.05, 4.69) is 0 Å². The summed E-state index contributed by atoms with van der Waals surface area (Å²) >= 11 is 5.85. The number of fused-ring (bicyclic) bond motifs is 1. The number of carboxylic acid groups (broad SMARTS) is 1. The SMILES string of the molecule is COCc1c(C(=O)O)oc2ccc(Cl)cc12. The zero-order valence-corrected chi connectivity index (χ0v) is 9.25. The van der Waals surface area contributed by atoms with E-state index < -0.39 is 5.97 Å². The average Bonchev–Trinajstić information content (AvgIpc) is 2.58. The number of aromatic carboxylic acids is 1. The van der Waals surface area contributed by atoms with Gasteiger partial charge >= 0.3 is 5.97 Å². The fourth-order valence-corrected chi connectivity index (χ4v) is 1.75. The quantitative estimate of drug-likeness (QED) is 0.896. The molecule has 1 heterocycles. The molecule has 0 radical (unpaired) electrons. The Kier molecular flexibility index (Phi) is 2.85. The summed E-state index contributed by atoms with van der Waals surface area (Å²) in [6.07, 6.45) is 0. The highest BCUT2D eigenvalue weighted by Gasteiger charge is 2.19. The molecule has 0 saturated carbocycles. The lowest BCUT2D eigenvalue weighted by atomic mass is 10.1. The van der Waals surface area contributed by atoms with Crippen molar-refractivity contribution in [3.8, 4) is 0 Å². The van der Waals surface area contributed by atoms with Crippen molar-refractivity contribution in [2.45, 2.75) is 6.61 Å². The summed E-state index contributed by atoms with van der Waals surface area (Å²) in [6, 6.07) is 4.96. The van der Waals surface area contributed by atoms with Crippen LogP contribution in [-0.2, 0) is 11.3 Å². The molecule has 2 aromatic rings. The van der Waals surface area contributed by atoms with Crippen LogP contribution in [0.4, 0.5) is 0 Å². The first-order valence-electron chi connectivity index (χ1n) is 4.56. The molecule has 0 unspecified atom stereocenters. The van der Waals surface area contributed by atoms with Crippen LogP contribution < -0.4 is 0 Å². The number of rotatable bonds is 3. The number of carbonyl (C=O) groups is 1. The molecule has 84 valence electrons. The standard InChI is InChI=1S/C11H9ClO4/c1-15-5-8-7-4-6(12)2-3-9(7)16-10(8)11(13)14/h2-4H,5H2,1H3,(H,13,14). The van der Waals surface area contributed by atoms with Crippen molar-refractivity contribution in [1.82, 2.24) is 0 Å². The Labute approximate surface area is 96.4 Å². The highest BCUT2D eigenvalue weighted by atomic mass is 35.5. The molecule has 5 heteroatoms. The number of halogens is 1. The molecule has 4 nitrogen and oxygen atoms in total. The van der Waals surface area contributed by atoms with Crippen molar-refractivity contribution in [2.24, 2.45) is 0 Å². The fourth-order valence-electron chi connectivity index (χ4n) is 1.58. The van der Waals surface area contributed by atoms with Gasteiger partial charge in [-0.05, 0) is 18.2 Å². The maximum Gasteiger partial charge on any atom is 0.372 e. The highest BCUT2D eigenvalue weighted by Crippen LogP contribution is 2.29. The first kappa shape index (κ1) is 11.0. The van der Waals surface area contributed by atoms with E-state index in [-0.39, 0.29) is 12.4 Å². The molecule has 0 atom stereocenters. The summed E-state index contributed by atoms with van der Waals surface area (Å²) in [4.78, 5) is 11.0. The Balaban J connectivity index is 2.71. The molecule has 1 aromatic carbocycles. The van der Waals surface area contributed by atoms with Crippen LogP contribution in [0, 0.1) is 0 Å². The van der Waals surface area contributed by atoms with E-state index in [0.29, 0.717) is 21.6 Å². The van der Waals surface area contributed by atoms with Crippen molar-refractivity contribution in [3.63, 3.8) is 0 Å². The zero-order chi connectivity index (χ0) is 11.7. The minimum atomic E-state index is -1.11. The van der Waals surface area contributed by atoms with Gasteiger partial charge in [0.15, 0.2) is 0 Å². The molecule has 0 fully saturated rings. The number of furan rings is 1. The van der Waals surface area contributed by atoms with Crippen LogP contribution in [0.3, 0.4) is 0 Å². The van der Waals surface area contributed by atoms with Crippen LogP contribution in [0.25, 0.3) is 11.0 Å². The average molecular weight is 241 g/mol. The number of benzene rings is 1. The summed E-state index contributed by atoms with van der Waals surface area (Å²) in [5, 5.41) is 10.2. The second kappa shape index (κ2) is 4.15. The molecular formula is C11H9ClO4. The van der Waals surface area contributed by atoms with E-state index in [1.165, 1.54) is 7.11 Å². The summed E-state index contributed by atoms with van der Waals surface area (Å²) in [7, 11) is 1.50. The monoisotopic (exact) mass is 240 g/mol. The van der Waals surface area contributed by atoms with E-state index in [1.807, 2.05) is 0 Å². The lowest BCUT2D eigenvalue weighted by molar-refractivity contribution is 0.0658. The van der Waals surface area contributed by atoms with E-state index in [9.17, 15) is 4.79 Å². The maximum atomic E-state index is 11.0. The zero-order valence-electron chi connectivity index (χ0n) is 8.49. The van der Waals surface area contributed by atoms with Gasteiger partial charge in [-0.15, -0.1) is 0 Å². The first-order valence-corrected chi connectivity index (χ1v) is 4.94. The maximum absolute atomic E-state index is 11.0. The van der Waals surface area contributed by atoms with Crippen LogP contribution in [0.15, 0.2) is 22.6 Å². The van der Waals surface area contributed by atoms with Gasteiger partial charge in [0.05, 0.1) is 6.61 Å². The van der Waals surface area contributed by atoms with E-state index in [4.69, 9.17) is 25.9 Å². The van der Waals surface area contributed by atoms with Crippen LogP contribution in [0.1, 0.15) is 16.1 Å². The molecule has 0 aliphatic rings. The lowest BCUT2D eigenvalue weighted by Gasteiger charge is -1.97. The topological polar surface area (TPSA) is 59.7 Å². The third-order valence-corrected chi connectivity index (χ3v) is 2.47. The molecule has 0 saturated heterocycles. The predicted octanol–water partition coefficient (Wildman–Crippen LogP) is 2.93. The van der Waals surface area contributed by atoms with Gasteiger partial charge in [0.2, 0.25) is 5.76 Å². The Bertz CT molecular complexity index is 544. The molecule has 0 aliphatic heterocycles. The van der Waals surface area contributed by atoms with Crippen LogP contribution in [-0.4, -0.2) is 18.2 Å². The minimum Gasteiger partial charge on any atom is -0.475 e. The molecule has 2 rings (SSSR count). The number of hydrogen-bond donors (Lipinski definition) is 1. The van der Waals surface area contributed by atoms with Gasteiger partial charge in [0, 0.05) is 23.1 Å². The molecule has 1 N–H and O–H groups in total. The molecule has 0 spiro atoms. The molecule has 0 bridgehead atoms. The van der Waals surface area contributed by atoms with Crippen molar-refractivity contribution < 1.29 is 19.1 Å².